The number of hydrogen-bond donors (Lipinski definition) is 2. The van der Waals surface area contributed by atoms with Crippen molar-refractivity contribution in [2.24, 2.45) is 0 Å². The second-order valence-electron chi connectivity index (χ2n) is 7.41. The zero-order chi connectivity index (χ0) is 24.7. The van der Waals surface area contributed by atoms with E-state index in [1.54, 1.807) is 25.1 Å². The van der Waals surface area contributed by atoms with Gasteiger partial charge in [-0.15, -0.1) is 0 Å². The molecular formula is C25H28N2O6S. The van der Waals surface area contributed by atoms with Crippen molar-refractivity contribution in [2.75, 3.05) is 24.3 Å². The van der Waals surface area contributed by atoms with E-state index in [-0.39, 0.29) is 16.5 Å². The summed E-state index contributed by atoms with van der Waals surface area (Å²) in [6.45, 7) is 3.68. The van der Waals surface area contributed by atoms with Crippen molar-refractivity contribution in [3.05, 3.63) is 72.3 Å². The minimum absolute atomic E-state index is 0.0320. The van der Waals surface area contributed by atoms with Crippen LogP contribution in [-0.2, 0) is 21.2 Å². The topological polar surface area (TPSA) is 103 Å². The molecule has 0 saturated heterocycles. The minimum Gasteiger partial charge on any atom is -0.497 e. The number of para-hydroxylation sites is 1. The molecule has 0 aromatic heterocycles. The first-order chi connectivity index (χ1) is 16.3. The molecule has 0 spiro atoms. The Balaban J connectivity index is 1.67. The summed E-state index contributed by atoms with van der Waals surface area (Å²) in [7, 11) is -0.934. The molecule has 0 aliphatic carbocycles. The summed E-state index contributed by atoms with van der Waals surface area (Å²) >= 11 is 0. The Morgan fingerprint density at radius 3 is 2.29 bits per heavy atom. The lowest BCUT2D eigenvalue weighted by Crippen LogP contribution is -2.30. The first kappa shape index (κ1) is 24.9. The average Bonchev–Trinajstić information content (AvgIpc) is 2.84. The molecule has 0 saturated carbocycles. The van der Waals surface area contributed by atoms with Crippen LogP contribution in [0, 0.1) is 0 Å². The zero-order valence-corrected chi connectivity index (χ0v) is 20.3. The van der Waals surface area contributed by atoms with E-state index >= 15 is 0 Å². The highest BCUT2D eigenvalue weighted by atomic mass is 32.2. The van der Waals surface area contributed by atoms with Crippen molar-refractivity contribution < 1.29 is 27.4 Å². The first-order valence-electron chi connectivity index (χ1n) is 10.7. The SMILES string of the molecule is CCc1ccccc1O[C@@H](C)C(=O)Nc1ccc(S(=O)(=O)Nc2ccc(OC)cc2OC)cc1. The van der Waals surface area contributed by atoms with E-state index in [4.69, 9.17) is 14.2 Å². The number of hydrogen-bond acceptors (Lipinski definition) is 6. The standard InChI is InChI=1S/C25H28N2O6S/c1-5-18-8-6-7-9-23(18)33-17(2)25(28)26-19-10-13-21(14-11-19)34(29,30)27-22-15-12-20(31-3)16-24(22)32-4/h6-17,27H,5H2,1-4H3,(H,26,28)/t17-/m0/s1. The number of nitrogens with one attached hydrogen (secondary N) is 2. The molecule has 180 valence electrons. The molecule has 8 nitrogen and oxygen atoms in total. The number of amides is 1. The van der Waals surface area contributed by atoms with Crippen LogP contribution in [-0.4, -0.2) is 34.6 Å². The highest BCUT2D eigenvalue weighted by Gasteiger charge is 2.19. The number of carbonyl (C=O) groups is 1. The van der Waals surface area contributed by atoms with Crippen LogP contribution >= 0.6 is 0 Å². The van der Waals surface area contributed by atoms with Crippen LogP contribution in [0.4, 0.5) is 11.4 Å². The van der Waals surface area contributed by atoms with Crippen LogP contribution in [0.3, 0.4) is 0 Å². The van der Waals surface area contributed by atoms with Crippen molar-refractivity contribution in [2.45, 2.75) is 31.3 Å². The molecule has 2 N–H and O–H groups in total. The largest absolute Gasteiger partial charge is 0.497 e. The molecule has 1 amide bonds. The molecule has 0 aliphatic rings. The Bertz CT molecular complexity index is 1240. The average molecular weight is 485 g/mol. The molecule has 34 heavy (non-hydrogen) atoms. The predicted octanol–water partition coefficient (Wildman–Crippen LogP) is 4.47. The monoisotopic (exact) mass is 484 g/mol. The molecule has 0 bridgehead atoms. The van der Waals surface area contributed by atoms with Crippen molar-refractivity contribution >= 4 is 27.3 Å². The van der Waals surface area contributed by atoms with E-state index in [1.807, 2.05) is 31.2 Å². The third-order valence-corrected chi connectivity index (χ3v) is 6.49. The van der Waals surface area contributed by atoms with Crippen molar-refractivity contribution in [1.82, 2.24) is 0 Å². The molecule has 0 aliphatic heterocycles. The Morgan fingerprint density at radius 1 is 0.941 bits per heavy atom. The van der Waals surface area contributed by atoms with Crippen LogP contribution in [0.15, 0.2) is 71.6 Å². The Kier molecular flexibility index (Phi) is 8.01. The Hall–Kier alpha value is -3.72. The quantitative estimate of drug-likeness (QED) is 0.440. The van der Waals surface area contributed by atoms with E-state index in [2.05, 4.69) is 10.0 Å². The van der Waals surface area contributed by atoms with Gasteiger partial charge in [0.2, 0.25) is 0 Å². The summed E-state index contributed by atoms with van der Waals surface area (Å²) in [5, 5.41) is 2.75. The second-order valence-corrected chi connectivity index (χ2v) is 9.09. The summed E-state index contributed by atoms with van der Waals surface area (Å²) < 4.78 is 44.3. The van der Waals surface area contributed by atoms with Crippen LogP contribution in [0.1, 0.15) is 19.4 Å². The van der Waals surface area contributed by atoms with Crippen LogP contribution in [0.25, 0.3) is 0 Å². The van der Waals surface area contributed by atoms with E-state index in [0.717, 1.165) is 12.0 Å². The Labute approximate surface area is 199 Å². The van der Waals surface area contributed by atoms with Gasteiger partial charge in [0, 0.05) is 11.8 Å². The molecule has 0 unspecified atom stereocenters. The highest BCUT2D eigenvalue weighted by molar-refractivity contribution is 7.92. The fraction of sp³-hybridized carbons (Fsp3) is 0.240. The van der Waals surface area contributed by atoms with Gasteiger partial charge in [-0.05, 0) is 61.4 Å². The summed E-state index contributed by atoms with van der Waals surface area (Å²) in [6, 6.07) is 18.2. The number of benzene rings is 3. The van der Waals surface area contributed by atoms with Crippen LogP contribution < -0.4 is 24.2 Å². The maximum atomic E-state index is 12.8. The minimum atomic E-state index is -3.88. The fourth-order valence-corrected chi connectivity index (χ4v) is 4.27. The molecule has 1 atom stereocenters. The van der Waals surface area contributed by atoms with Gasteiger partial charge in [0.05, 0.1) is 24.8 Å². The summed E-state index contributed by atoms with van der Waals surface area (Å²) in [4.78, 5) is 12.6. The van der Waals surface area contributed by atoms with Crippen LogP contribution in [0.2, 0.25) is 0 Å². The molecular weight excluding hydrogens is 456 g/mol. The number of aryl methyl sites for hydroxylation is 1. The number of anilines is 2. The van der Waals surface area contributed by atoms with Gasteiger partial charge < -0.3 is 19.5 Å². The fourth-order valence-electron chi connectivity index (χ4n) is 3.20. The predicted molar refractivity (Wildman–Crippen MR) is 131 cm³/mol. The molecule has 3 aromatic carbocycles. The van der Waals surface area contributed by atoms with Gasteiger partial charge in [-0.2, -0.15) is 0 Å². The van der Waals surface area contributed by atoms with Gasteiger partial charge in [-0.25, -0.2) is 8.42 Å². The third kappa shape index (κ3) is 5.99. The number of carbonyl (C=O) groups excluding carboxylic acids is 1. The maximum absolute atomic E-state index is 12.8. The number of ether oxygens (including phenoxy) is 3. The van der Waals surface area contributed by atoms with Gasteiger partial charge >= 0.3 is 0 Å². The van der Waals surface area contributed by atoms with Crippen molar-refractivity contribution in [3.63, 3.8) is 0 Å². The summed E-state index contributed by atoms with van der Waals surface area (Å²) in [5.41, 5.74) is 1.74. The lowest BCUT2D eigenvalue weighted by molar-refractivity contribution is -0.122. The van der Waals surface area contributed by atoms with Gasteiger partial charge in [0.25, 0.3) is 15.9 Å². The smallest absolute Gasteiger partial charge is 0.265 e. The number of methoxy groups -OCH3 is 2. The summed E-state index contributed by atoms with van der Waals surface area (Å²) in [6.07, 6.45) is 0.0528. The van der Waals surface area contributed by atoms with Gasteiger partial charge in [-0.3, -0.25) is 9.52 Å². The normalized spacial score (nSPS) is 11.9. The number of rotatable bonds is 10. The lowest BCUT2D eigenvalue weighted by atomic mass is 10.1. The van der Waals surface area contributed by atoms with Gasteiger partial charge in [-0.1, -0.05) is 25.1 Å². The van der Waals surface area contributed by atoms with Crippen LogP contribution in [0.5, 0.6) is 17.2 Å². The second kappa shape index (κ2) is 10.9. The van der Waals surface area contributed by atoms with E-state index < -0.39 is 16.1 Å². The van der Waals surface area contributed by atoms with Gasteiger partial charge in [0.1, 0.15) is 17.2 Å². The summed E-state index contributed by atoms with van der Waals surface area (Å²) in [5.74, 6) is 1.18. The van der Waals surface area contributed by atoms with Crippen molar-refractivity contribution in [1.29, 1.82) is 0 Å². The lowest BCUT2D eigenvalue weighted by Gasteiger charge is -2.17. The van der Waals surface area contributed by atoms with Gasteiger partial charge in [0.15, 0.2) is 6.10 Å². The Morgan fingerprint density at radius 2 is 1.65 bits per heavy atom. The molecule has 9 heteroatoms. The zero-order valence-electron chi connectivity index (χ0n) is 19.5. The first-order valence-corrected chi connectivity index (χ1v) is 12.2. The third-order valence-electron chi connectivity index (χ3n) is 5.11. The molecule has 0 radical (unpaired) electrons. The van der Waals surface area contributed by atoms with Crippen molar-refractivity contribution in [3.8, 4) is 17.2 Å². The molecule has 0 fully saturated rings. The maximum Gasteiger partial charge on any atom is 0.265 e. The molecule has 3 aromatic rings. The highest BCUT2D eigenvalue weighted by Crippen LogP contribution is 2.31. The van der Waals surface area contributed by atoms with E-state index in [1.165, 1.54) is 38.5 Å². The number of sulfonamides is 1. The molecule has 0 heterocycles. The molecule has 3 rings (SSSR count). The van der Waals surface area contributed by atoms with E-state index in [9.17, 15) is 13.2 Å². The van der Waals surface area contributed by atoms with E-state index in [0.29, 0.717) is 22.9 Å².